The van der Waals surface area contributed by atoms with Crippen LogP contribution in [0.15, 0.2) is 5.16 Å². The van der Waals surface area contributed by atoms with Crippen LogP contribution >= 0.6 is 25.3 Å². The van der Waals surface area contributed by atoms with Crippen LogP contribution in [0.2, 0.25) is 0 Å². The van der Waals surface area contributed by atoms with E-state index in [1.165, 1.54) is 0 Å². The Morgan fingerprint density at radius 2 is 2.29 bits per heavy atom. The Hall–Kier alpha value is -0.930. The summed E-state index contributed by atoms with van der Waals surface area (Å²) in [5, 5.41) is 14.4. The minimum atomic E-state index is -1.00. The molecule has 0 bridgehead atoms. The van der Waals surface area contributed by atoms with Crippen molar-refractivity contribution in [1.82, 2.24) is 15.2 Å². The van der Waals surface area contributed by atoms with Crippen LogP contribution in [0.1, 0.15) is 0 Å². The van der Waals surface area contributed by atoms with Gasteiger partial charge in [-0.25, -0.2) is 0 Å². The number of aliphatic carboxylic acids is 1. The molecule has 1 aromatic heterocycles. The van der Waals surface area contributed by atoms with Crippen LogP contribution in [-0.4, -0.2) is 38.1 Å². The van der Waals surface area contributed by atoms with Gasteiger partial charge in [-0.2, -0.15) is 17.6 Å². The smallest absolute Gasteiger partial charge is 0.321 e. The highest BCUT2D eigenvalue weighted by atomic mass is 32.1. The number of carbonyl (C=O) groups is 1. The molecule has 0 aromatic carbocycles. The number of nitrogens with one attached hydrogen (secondary N) is 1. The van der Waals surface area contributed by atoms with E-state index in [4.69, 9.17) is 16.6 Å². The van der Waals surface area contributed by atoms with Gasteiger partial charge in [0.2, 0.25) is 5.95 Å². The maximum absolute atomic E-state index is 9.76. The molecule has 0 amide bonds. The molecule has 9 heteroatoms. The van der Waals surface area contributed by atoms with Crippen LogP contribution in [0.5, 0.6) is 0 Å². The summed E-state index contributed by atoms with van der Waals surface area (Å²) >= 11 is 7.45. The largest absolute Gasteiger partial charge is 0.480 e. The van der Waals surface area contributed by atoms with Crippen molar-refractivity contribution in [2.75, 3.05) is 11.5 Å². The van der Waals surface area contributed by atoms with Crippen LogP contribution in [0.3, 0.4) is 0 Å². The Balaban J connectivity index is 0.000000241. The first-order valence-electron chi connectivity index (χ1n) is 3.43. The molecule has 0 unspecified atom stereocenters. The van der Waals surface area contributed by atoms with Crippen molar-refractivity contribution in [3.05, 3.63) is 0 Å². The van der Waals surface area contributed by atoms with Gasteiger partial charge in [0.1, 0.15) is 6.04 Å². The number of aromatic amines is 1. The Morgan fingerprint density at radius 3 is 2.36 bits per heavy atom. The van der Waals surface area contributed by atoms with E-state index in [0.717, 1.165) is 0 Å². The number of carboxylic acid groups (broad SMARTS) is 1. The molecule has 0 saturated heterocycles. The predicted octanol–water partition coefficient (Wildman–Crippen LogP) is -0.996. The third-order valence-electron chi connectivity index (χ3n) is 1.00. The van der Waals surface area contributed by atoms with Gasteiger partial charge in [0.25, 0.3) is 0 Å². The fraction of sp³-hybridized carbons (Fsp3) is 0.400. The van der Waals surface area contributed by atoms with E-state index in [9.17, 15) is 4.79 Å². The van der Waals surface area contributed by atoms with E-state index in [1.807, 2.05) is 0 Å². The molecule has 6 N–H and O–H groups in total. The van der Waals surface area contributed by atoms with Crippen LogP contribution in [0, 0.1) is 0 Å². The summed E-state index contributed by atoms with van der Waals surface area (Å²) in [6.07, 6.45) is 0. The number of carboxylic acids is 1. The number of hydrogen-bond acceptors (Lipinski definition) is 7. The summed E-state index contributed by atoms with van der Waals surface area (Å²) in [6.45, 7) is 0. The molecule has 0 fully saturated rings. The lowest BCUT2D eigenvalue weighted by atomic mass is 10.4. The Morgan fingerprint density at radius 1 is 1.71 bits per heavy atom. The molecule has 14 heavy (non-hydrogen) atoms. The molecule has 7 nitrogen and oxygen atoms in total. The molecule has 1 aromatic rings. The molecule has 0 aliphatic carbocycles. The monoisotopic (exact) mass is 237 g/mol. The minimum absolute atomic E-state index is 0.190. The maximum Gasteiger partial charge on any atom is 0.321 e. The first-order valence-corrected chi connectivity index (χ1v) is 4.51. The number of rotatable bonds is 2. The molecule has 1 rings (SSSR count). The molecule has 0 radical (unpaired) electrons. The predicted molar refractivity (Wildman–Crippen MR) is 57.5 cm³/mol. The van der Waals surface area contributed by atoms with Gasteiger partial charge in [-0.1, -0.05) is 0 Å². The van der Waals surface area contributed by atoms with Crippen molar-refractivity contribution in [3.63, 3.8) is 0 Å². The van der Waals surface area contributed by atoms with Crippen molar-refractivity contribution in [3.8, 4) is 0 Å². The zero-order valence-corrected chi connectivity index (χ0v) is 8.87. The van der Waals surface area contributed by atoms with Crippen molar-refractivity contribution in [1.29, 1.82) is 0 Å². The molecular formula is C5H11N5O2S2. The van der Waals surface area contributed by atoms with E-state index >= 15 is 0 Å². The fourth-order valence-corrected chi connectivity index (χ4v) is 0.653. The number of H-pyrrole nitrogens is 1. The quantitative estimate of drug-likeness (QED) is 0.366. The van der Waals surface area contributed by atoms with Gasteiger partial charge in [-0.15, -0.1) is 17.7 Å². The summed E-state index contributed by atoms with van der Waals surface area (Å²) in [7, 11) is 0. The van der Waals surface area contributed by atoms with Crippen molar-refractivity contribution in [2.45, 2.75) is 11.2 Å². The lowest BCUT2D eigenvalue weighted by molar-refractivity contribution is -0.137. The number of nitrogens with zero attached hydrogens (tertiary/aromatic N) is 2. The first-order chi connectivity index (χ1) is 6.47. The van der Waals surface area contributed by atoms with Crippen LogP contribution in [0.25, 0.3) is 0 Å². The van der Waals surface area contributed by atoms with Gasteiger partial charge >= 0.3 is 5.97 Å². The van der Waals surface area contributed by atoms with Crippen molar-refractivity contribution in [2.24, 2.45) is 5.73 Å². The summed E-state index contributed by atoms with van der Waals surface area (Å²) in [6, 6.07) is -0.816. The Kier molecular flexibility index (Phi) is 6.08. The van der Waals surface area contributed by atoms with Gasteiger partial charge < -0.3 is 16.6 Å². The van der Waals surface area contributed by atoms with Crippen molar-refractivity contribution < 1.29 is 9.90 Å². The zero-order chi connectivity index (χ0) is 11.1. The van der Waals surface area contributed by atoms with Crippen LogP contribution < -0.4 is 11.5 Å². The number of anilines is 1. The van der Waals surface area contributed by atoms with E-state index in [0.29, 0.717) is 5.16 Å². The second kappa shape index (κ2) is 6.51. The number of thiol groups is 2. The average molecular weight is 237 g/mol. The summed E-state index contributed by atoms with van der Waals surface area (Å²) in [5.41, 5.74) is 10.0. The van der Waals surface area contributed by atoms with E-state index in [1.54, 1.807) is 0 Å². The molecule has 80 valence electrons. The minimum Gasteiger partial charge on any atom is -0.480 e. The zero-order valence-electron chi connectivity index (χ0n) is 7.08. The normalized spacial score (nSPS) is 11.4. The second-order valence-electron chi connectivity index (χ2n) is 2.14. The highest BCUT2D eigenvalue weighted by Crippen LogP contribution is 1.94. The Labute approximate surface area is 91.1 Å². The van der Waals surface area contributed by atoms with Crippen LogP contribution in [-0.2, 0) is 4.79 Å². The van der Waals surface area contributed by atoms with E-state index in [2.05, 4.69) is 40.4 Å². The third-order valence-corrected chi connectivity index (χ3v) is 1.60. The number of aromatic nitrogens is 3. The number of nitrogen functional groups attached to an aromatic ring is 1. The molecular weight excluding hydrogens is 226 g/mol. The molecule has 0 spiro atoms. The van der Waals surface area contributed by atoms with Gasteiger partial charge in [0, 0.05) is 5.75 Å². The van der Waals surface area contributed by atoms with Crippen molar-refractivity contribution >= 4 is 37.2 Å². The average Bonchev–Trinajstić information content (AvgIpc) is 2.49. The fourth-order valence-electron chi connectivity index (χ4n) is 0.344. The molecule has 0 saturated carbocycles. The second-order valence-corrected chi connectivity index (χ2v) is 2.93. The van der Waals surface area contributed by atoms with Gasteiger partial charge in [0.15, 0.2) is 5.16 Å². The summed E-state index contributed by atoms with van der Waals surface area (Å²) in [5.74, 6) is -0.588. The van der Waals surface area contributed by atoms with Crippen LogP contribution in [0.4, 0.5) is 5.95 Å². The highest BCUT2D eigenvalue weighted by Gasteiger charge is 2.06. The topological polar surface area (TPSA) is 131 Å². The number of nitrogens with two attached hydrogens (primary N) is 2. The molecule has 0 aliphatic heterocycles. The highest BCUT2D eigenvalue weighted by molar-refractivity contribution is 7.80. The summed E-state index contributed by atoms with van der Waals surface area (Å²) < 4.78 is 0. The molecule has 1 atom stereocenters. The lowest BCUT2D eigenvalue weighted by Crippen LogP contribution is -2.31. The summed E-state index contributed by atoms with van der Waals surface area (Å²) in [4.78, 5) is 13.3. The van der Waals surface area contributed by atoms with Gasteiger partial charge in [0.05, 0.1) is 0 Å². The maximum atomic E-state index is 9.76. The Bertz CT molecular complexity index is 275. The SMILES string of the molecule is N[C@@H](CS)C(=O)O.Nc1n[nH]c(S)n1. The van der Waals surface area contributed by atoms with E-state index in [-0.39, 0.29) is 11.7 Å². The molecule has 1 heterocycles. The van der Waals surface area contributed by atoms with Gasteiger partial charge in [-0.05, 0) is 0 Å². The molecule has 0 aliphatic rings. The lowest BCUT2D eigenvalue weighted by Gasteiger charge is -1.96. The van der Waals surface area contributed by atoms with E-state index < -0.39 is 12.0 Å². The standard InChI is InChI=1S/C3H7NO2S.C2H4N4S/c4-2(1-7)3(5)6;3-1-4-2(7)6-5-1/h2,7H,1,4H2,(H,5,6);(H4,3,4,5,6,7)/t2-;/m0./s1. The van der Waals surface area contributed by atoms with Gasteiger partial charge in [-0.3, -0.25) is 9.89 Å². The third kappa shape index (κ3) is 5.67. The first kappa shape index (κ1) is 13.1. The number of hydrogen-bond donors (Lipinski definition) is 6.